The van der Waals surface area contributed by atoms with E-state index in [0.29, 0.717) is 6.04 Å². The zero-order chi connectivity index (χ0) is 15.8. The number of nitrogens with zero attached hydrogens (tertiary/aromatic N) is 3. The van der Waals surface area contributed by atoms with Crippen molar-refractivity contribution in [1.82, 2.24) is 9.88 Å². The fraction of sp³-hybridized carbons (Fsp3) is 0.706. The van der Waals surface area contributed by atoms with E-state index in [0.717, 1.165) is 24.8 Å². The first-order valence-electron chi connectivity index (χ1n) is 8.31. The van der Waals surface area contributed by atoms with Crippen molar-refractivity contribution >= 4 is 5.82 Å². The number of hydrogen-bond donors (Lipinski definition) is 0. The van der Waals surface area contributed by atoms with Crippen molar-refractivity contribution in [1.29, 1.82) is 0 Å². The number of likely N-dealkylation sites (tertiary alicyclic amines) is 1. The number of piperidine rings is 1. The van der Waals surface area contributed by atoms with Crippen molar-refractivity contribution in [3.05, 3.63) is 24.1 Å². The molecule has 21 heavy (non-hydrogen) atoms. The Morgan fingerprint density at radius 1 is 1.10 bits per heavy atom. The van der Waals surface area contributed by atoms with Gasteiger partial charge in [-0.15, -0.1) is 0 Å². The summed E-state index contributed by atoms with van der Waals surface area (Å²) >= 11 is 0. The molecule has 0 radical (unpaired) electrons. The molecule has 0 aromatic carbocycles. The van der Waals surface area contributed by atoms with Crippen LogP contribution in [0, 0.1) is 11.7 Å². The van der Waals surface area contributed by atoms with E-state index in [2.05, 4.69) is 21.8 Å². The van der Waals surface area contributed by atoms with Crippen molar-refractivity contribution in [3.8, 4) is 0 Å². The first-order chi connectivity index (χ1) is 10.2. The summed E-state index contributed by atoms with van der Waals surface area (Å²) in [6, 6.07) is 3.91. The average molecular weight is 295 g/mol. The monoisotopic (exact) mass is 295 g/mol. The van der Waals surface area contributed by atoms with Crippen LogP contribution in [-0.2, 0) is 0 Å². The highest BCUT2D eigenvalue weighted by atomic mass is 19.1. The summed E-state index contributed by atoms with van der Waals surface area (Å²) in [5.74, 6) is 1.43. The number of fused-ring (bicyclic) bond motifs is 1. The molecule has 0 saturated carbocycles. The molecule has 4 heteroatoms. The fourth-order valence-electron chi connectivity index (χ4n) is 3.19. The van der Waals surface area contributed by atoms with Gasteiger partial charge in [-0.05, 0) is 44.5 Å². The summed E-state index contributed by atoms with van der Waals surface area (Å²) in [6.07, 6.45) is 3.74. The minimum atomic E-state index is -0.257. The molecular weight excluding hydrogens is 265 g/mol. The van der Waals surface area contributed by atoms with E-state index < -0.39 is 0 Å². The summed E-state index contributed by atoms with van der Waals surface area (Å²) in [6.45, 7) is 11.4. The van der Waals surface area contributed by atoms with Crippen LogP contribution in [0.25, 0.3) is 0 Å². The molecule has 3 heterocycles. The van der Waals surface area contributed by atoms with Crippen molar-refractivity contribution in [3.63, 3.8) is 0 Å². The Bertz CT molecular complexity index is 394. The predicted octanol–water partition coefficient (Wildman–Crippen LogP) is 3.80. The summed E-state index contributed by atoms with van der Waals surface area (Å²) in [4.78, 5) is 8.97. The largest absolute Gasteiger partial charge is 0.353 e. The third kappa shape index (κ3) is 4.40. The van der Waals surface area contributed by atoms with Gasteiger partial charge in [0.25, 0.3) is 0 Å². The van der Waals surface area contributed by atoms with E-state index in [1.165, 1.54) is 31.6 Å². The van der Waals surface area contributed by atoms with Crippen LogP contribution in [0.3, 0.4) is 0 Å². The van der Waals surface area contributed by atoms with E-state index in [1.54, 1.807) is 6.07 Å². The van der Waals surface area contributed by atoms with Gasteiger partial charge < -0.3 is 9.80 Å². The van der Waals surface area contributed by atoms with Crippen LogP contribution in [0.2, 0.25) is 0 Å². The molecule has 2 saturated heterocycles. The number of halogens is 1. The molecule has 2 aliphatic rings. The Balaban J connectivity index is 0.000000510. The molecule has 3 rings (SSSR count). The molecule has 0 amide bonds. The van der Waals surface area contributed by atoms with Gasteiger partial charge in [-0.25, -0.2) is 9.37 Å². The number of pyridine rings is 1. The van der Waals surface area contributed by atoms with E-state index in [9.17, 15) is 4.39 Å². The van der Waals surface area contributed by atoms with Gasteiger partial charge in [0, 0.05) is 19.1 Å². The maximum atomic E-state index is 12.9. The third-order valence-corrected chi connectivity index (χ3v) is 4.04. The molecule has 2 fully saturated rings. The zero-order valence-electron chi connectivity index (χ0n) is 14.1. The first-order valence-corrected chi connectivity index (χ1v) is 8.31. The molecule has 0 spiro atoms. The third-order valence-electron chi connectivity index (χ3n) is 4.04. The lowest BCUT2D eigenvalue weighted by Gasteiger charge is -2.36. The molecule has 2 aliphatic heterocycles. The maximum absolute atomic E-state index is 12.9. The van der Waals surface area contributed by atoms with Gasteiger partial charge in [-0.1, -0.05) is 27.7 Å². The van der Waals surface area contributed by atoms with Gasteiger partial charge in [-0.3, -0.25) is 0 Å². The molecule has 0 N–H and O–H groups in total. The van der Waals surface area contributed by atoms with Gasteiger partial charge in [0.2, 0.25) is 0 Å². The van der Waals surface area contributed by atoms with Gasteiger partial charge in [0.1, 0.15) is 11.6 Å². The summed E-state index contributed by atoms with van der Waals surface area (Å²) in [5.41, 5.74) is 0. The van der Waals surface area contributed by atoms with Crippen LogP contribution >= 0.6 is 0 Å². The molecule has 2 unspecified atom stereocenters. The molecular formula is C17H30FN3. The fourth-order valence-corrected chi connectivity index (χ4v) is 3.19. The number of aromatic nitrogens is 1. The molecule has 1 aromatic heterocycles. The second kappa shape index (κ2) is 8.98. The molecule has 1 aromatic rings. The molecule has 0 bridgehead atoms. The normalized spacial score (nSPS) is 24.4. The van der Waals surface area contributed by atoms with Crippen LogP contribution in [0.15, 0.2) is 18.3 Å². The standard InChI is InChI=1S/C13H18FN3.2C2H6/c1-16-6-5-12-10(9-16)4-7-17(12)13-3-2-11(14)8-15-13;2*1-2/h2-3,8,10,12H,4-7,9H2,1H3;2*1-2H3. The first kappa shape index (κ1) is 17.9. The Hall–Kier alpha value is -1.16. The second-order valence-electron chi connectivity index (χ2n) is 5.20. The zero-order valence-corrected chi connectivity index (χ0v) is 14.1. The van der Waals surface area contributed by atoms with Crippen LogP contribution in [0.5, 0.6) is 0 Å². The van der Waals surface area contributed by atoms with Crippen molar-refractivity contribution in [2.75, 3.05) is 31.6 Å². The van der Waals surface area contributed by atoms with E-state index in [4.69, 9.17) is 0 Å². The summed E-state index contributed by atoms with van der Waals surface area (Å²) < 4.78 is 12.9. The van der Waals surface area contributed by atoms with Crippen LogP contribution in [0.4, 0.5) is 10.2 Å². The molecule has 0 aliphatic carbocycles. The minimum absolute atomic E-state index is 0.257. The SMILES string of the molecule is CC.CC.CN1CCC2C(CCN2c2ccc(F)cn2)C1. The molecule has 2 atom stereocenters. The Morgan fingerprint density at radius 3 is 2.43 bits per heavy atom. The van der Waals surface area contributed by atoms with E-state index >= 15 is 0 Å². The lowest BCUT2D eigenvalue weighted by Crippen LogP contribution is -2.44. The smallest absolute Gasteiger partial charge is 0.141 e. The number of hydrogen-bond acceptors (Lipinski definition) is 3. The van der Waals surface area contributed by atoms with E-state index in [-0.39, 0.29) is 5.82 Å². The van der Waals surface area contributed by atoms with Gasteiger partial charge in [-0.2, -0.15) is 0 Å². The van der Waals surface area contributed by atoms with Crippen molar-refractivity contribution in [2.24, 2.45) is 5.92 Å². The topological polar surface area (TPSA) is 19.4 Å². The lowest BCUT2D eigenvalue weighted by molar-refractivity contribution is 0.202. The van der Waals surface area contributed by atoms with Crippen LogP contribution in [0.1, 0.15) is 40.5 Å². The van der Waals surface area contributed by atoms with Crippen LogP contribution < -0.4 is 4.90 Å². The lowest BCUT2D eigenvalue weighted by atomic mass is 9.93. The van der Waals surface area contributed by atoms with Crippen LogP contribution in [-0.4, -0.2) is 42.6 Å². The number of anilines is 1. The molecule has 120 valence electrons. The number of rotatable bonds is 1. The maximum Gasteiger partial charge on any atom is 0.141 e. The highest BCUT2D eigenvalue weighted by molar-refractivity contribution is 5.41. The molecule has 3 nitrogen and oxygen atoms in total. The van der Waals surface area contributed by atoms with E-state index in [1.807, 2.05) is 27.7 Å². The van der Waals surface area contributed by atoms with Gasteiger partial charge >= 0.3 is 0 Å². The summed E-state index contributed by atoms with van der Waals surface area (Å²) in [7, 11) is 2.19. The van der Waals surface area contributed by atoms with Crippen molar-refractivity contribution in [2.45, 2.75) is 46.6 Å². The Morgan fingerprint density at radius 2 is 1.81 bits per heavy atom. The van der Waals surface area contributed by atoms with Gasteiger partial charge in [0.05, 0.1) is 6.20 Å². The highest BCUT2D eigenvalue weighted by Crippen LogP contribution is 2.33. The Kier molecular flexibility index (Phi) is 7.65. The second-order valence-corrected chi connectivity index (χ2v) is 5.20. The van der Waals surface area contributed by atoms with Gasteiger partial charge in [0.15, 0.2) is 0 Å². The Labute approximate surface area is 129 Å². The minimum Gasteiger partial charge on any atom is -0.353 e. The highest BCUT2D eigenvalue weighted by Gasteiger charge is 2.37. The summed E-state index contributed by atoms with van der Waals surface area (Å²) in [5, 5.41) is 0. The van der Waals surface area contributed by atoms with Crippen molar-refractivity contribution < 1.29 is 4.39 Å². The predicted molar refractivity (Wildman–Crippen MR) is 88.2 cm³/mol. The average Bonchev–Trinajstić information content (AvgIpc) is 2.95. The quantitative estimate of drug-likeness (QED) is 0.785.